The van der Waals surface area contributed by atoms with Crippen LogP contribution in [0.4, 0.5) is 0 Å². The fourth-order valence-corrected chi connectivity index (χ4v) is 5.95. The summed E-state index contributed by atoms with van der Waals surface area (Å²) in [5.74, 6) is 0.748. The lowest BCUT2D eigenvalue weighted by molar-refractivity contribution is -0.158. The topological polar surface area (TPSA) is 65.6 Å². The second kappa shape index (κ2) is 9.77. The second-order valence-corrected chi connectivity index (χ2v) is 9.81. The number of carbonyl (C=O) groups excluding carboxylic acids is 2. The van der Waals surface area contributed by atoms with Crippen LogP contribution >= 0.6 is 0 Å². The van der Waals surface area contributed by atoms with Crippen LogP contribution in [0.5, 0.6) is 5.75 Å². The van der Waals surface area contributed by atoms with Gasteiger partial charge >= 0.3 is 0 Å². The number of benzene rings is 3. The first-order chi connectivity index (χ1) is 18.2. The quantitative estimate of drug-likeness (QED) is 0.399. The van der Waals surface area contributed by atoms with Crippen LogP contribution in [0.2, 0.25) is 0 Å². The number of ether oxygens (including phenoxy) is 1. The molecule has 188 valence electrons. The number of aryl methyl sites for hydroxylation is 1. The number of amides is 2. The van der Waals surface area contributed by atoms with Crippen molar-refractivity contribution in [2.75, 3.05) is 19.7 Å². The summed E-state index contributed by atoms with van der Waals surface area (Å²) in [5.41, 5.74) is 5.25. The summed E-state index contributed by atoms with van der Waals surface area (Å²) in [4.78, 5) is 34.8. The van der Waals surface area contributed by atoms with Crippen molar-refractivity contribution in [3.05, 3.63) is 101 Å². The molecule has 3 heterocycles. The number of nitrogens with one attached hydrogen (secondary N) is 1. The van der Waals surface area contributed by atoms with Crippen LogP contribution in [0.15, 0.2) is 78.9 Å². The number of H-pyrrole nitrogens is 1. The van der Waals surface area contributed by atoms with Gasteiger partial charge in [0.1, 0.15) is 17.8 Å². The highest BCUT2D eigenvalue weighted by atomic mass is 16.5. The number of hydrogen-bond donors (Lipinski definition) is 1. The first-order valence-corrected chi connectivity index (χ1v) is 13.1. The van der Waals surface area contributed by atoms with Crippen molar-refractivity contribution in [1.82, 2.24) is 14.8 Å². The Morgan fingerprint density at radius 1 is 0.946 bits per heavy atom. The van der Waals surface area contributed by atoms with Crippen LogP contribution in [0.3, 0.4) is 0 Å². The molecule has 1 aromatic heterocycles. The largest absolute Gasteiger partial charge is 0.494 e. The van der Waals surface area contributed by atoms with Gasteiger partial charge in [0.25, 0.3) is 0 Å². The molecule has 0 saturated carbocycles. The molecule has 6 rings (SSSR count). The molecule has 37 heavy (non-hydrogen) atoms. The van der Waals surface area contributed by atoms with Crippen LogP contribution in [0, 0.1) is 0 Å². The summed E-state index contributed by atoms with van der Waals surface area (Å²) in [6.07, 6.45) is 2.21. The van der Waals surface area contributed by atoms with Gasteiger partial charge in [0.05, 0.1) is 13.2 Å². The number of hydrogen-bond acceptors (Lipinski definition) is 3. The molecular formula is C31H31N3O3. The van der Waals surface area contributed by atoms with Crippen molar-refractivity contribution >= 4 is 22.7 Å². The van der Waals surface area contributed by atoms with Crippen molar-refractivity contribution in [3.63, 3.8) is 0 Å². The van der Waals surface area contributed by atoms with Crippen molar-refractivity contribution in [3.8, 4) is 5.75 Å². The lowest BCUT2D eigenvalue weighted by Gasteiger charge is -2.47. The van der Waals surface area contributed by atoms with Crippen LogP contribution < -0.4 is 4.74 Å². The molecule has 1 N–H and O–H groups in total. The summed E-state index contributed by atoms with van der Waals surface area (Å²) >= 11 is 0. The zero-order chi connectivity index (χ0) is 25.4. The molecule has 6 nitrogen and oxygen atoms in total. The van der Waals surface area contributed by atoms with Gasteiger partial charge < -0.3 is 19.5 Å². The third kappa shape index (κ3) is 4.16. The fourth-order valence-electron chi connectivity index (χ4n) is 5.95. The Morgan fingerprint density at radius 3 is 2.54 bits per heavy atom. The molecule has 3 aromatic carbocycles. The van der Waals surface area contributed by atoms with Crippen LogP contribution in [-0.4, -0.2) is 52.3 Å². The first kappa shape index (κ1) is 23.3. The first-order valence-electron chi connectivity index (χ1n) is 13.1. The molecule has 1 unspecified atom stereocenters. The molecule has 0 aliphatic carbocycles. The van der Waals surface area contributed by atoms with Gasteiger partial charge in [0.2, 0.25) is 11.8 Å². The SMILES string of the molecule is CCOc1ccccc1C1c2[nH]c3ccccc3c2C[C@H]2C(=O)N(CCCc3ccccc3)CC(=O)N12. The number of para-hydroxylation sites is 2. The summed E-state index contributed by atoms with van der Waals surface area (Å²) in [6, 6.07) is 25.4. The molecule has 6 heteroatoms. The minimum Gasteiger partial charge on any atom is -0.494 e. The minimum absolute atomic E-state index is 0.0232. The van der Waals surface area contributed by atoms with Gasteiger partial charge in [0, 0.05) is 35.1 Å². The maximum Gasteiger partial charge on any atom is 0.246 e. The average molecular weight is 494 g/mol. The molecule has 2 atom stereocenters. The van der Waals surface area contributed by atoms with Crippen molar-refractivity contribution in [1.29, 1.82) is 0 Å². The van der Waals surface area contributed by atoms with Gasteiger partial charge in [-0.05, 0) is 43.0 Å². The summed E-state index contributed by atoms with van der Waals surface area (Å²) in [7, 11) is 0. The normalized spacial score (nSPS) is 19.2. The third-order valence-corrected chi connectivity index (χ3v) is 7.59. The summed E-state index contributed by atoms with van der Waals surface area (Å²) in [5, 5.41) is 1.11. The number of fused-ring (bicyclic) bond motifs is 4. The number of carbonyl (C=O) groups is 2. The number of aromatic nitrogens is 1. The Bertz CT molecular complexity index is 1440. The number of rotatable bonds is 7. The summed E-state index contributed by atoms with van der Waals surface area (Å²) in [6.45, 7) is 3.16. The lowest BCUT2D eigenvalue weighted by atomic mass is 9.86. The Kier molecular flexibility index (Phi) is 6.16. The zero-order valence-electron chi connectivity index (χ0n) is 21.0. The van der Waals surface area contributed by atoms with E-state index in [0.29, 0.717) is 19.6 Å². The van der Waals surface area contributed by atoms with Gasteiger partial charge in [-0.1, -0.05) is 66.7 Å². The van der Waals surface area contributed by atoms with Gasteiger partial charge in [-0.15, -0.1) is 0 Å². The predicted molar refractivity (Wildman–Crippen MR) is 143 cm³/mol. The van der Waals surface area contributed by atoms with Crippen molar-refractivity contribution in [2.45, 2.75) is 38.3 Å². The van der Waals surface area contributed by atoms with E-state index in [1.807, 2.05) is 66.4 Å². The Balaban J connectivity index is 1.37. The highest BCUT2D eigenvalue weighted by Gasteiger charge is 2.48. The molecule has 2 aliphatic heterocycles. The van der Waals surface area contributed by atoms with Crippen LogP contribution in [0.1, 0.15) is 41.8 Å². The summed E-state index contributed by atoms with van der Waals surface area (Å²) < 4.78 is 5.99. The zero-order valence-corrected chi connectivity index (χ0v) is 21.0. The number of aromatic amines is 1. The molecular weight excluding hydrogens is 462 g/mol. The average Bonchev–Trinajstić information content (AvgIpc) is 3.30. The van der Waals surface area contributed by atoms with Crippen molar-refractivity contribution in [2.24, 2.45) is 0 Å². The molecule has 4 aromatic rings. The highest BCUT2D eigenvalue weighted by molar-refractivity contribution is 5.97. The lowest BCUT2D eigenvalue weighted by Crippen LogP contribution is -2.63. The standard InChI is InChI=1S/C31H31N3O3/c1-2-37-27-17-9-7-15-23(27)30-29-24(22-14-6-8-16-25(22)32-29)19-26-31(36)33(20-28(35)34(26)30)18-10-13-21-11-4-3-5-12-21/h3-9,11-12,14-17,26,30,32H,2,10,13,18-20H2,1H3/t26-,30?/m0/s1. The van der Waals surface area contributed by atoms with E-state index in [9.17, 15) is 9.59 Å². The predicted octanol–water partition coefficient (Wildman–Crippen LogP) is 4.88. The van der Waals surface area contributed by atoms with Crippen LogP contribution in [-0.2, 0) is 22.4 Å². The minimum atomic E-state index is -0.538. The Hall–Kier alpha value is -4.06. The van der Waals surface area contributed by atoms with Gasteiger partial charge in [-0.25, -0.2) is 0 Å². The van der Waals surface area contributed by atoms with E-state index < -0.39 is 12.1 Å². The van der Waals surface area contributed by atoms with E-state index in [-0.39, 0.29) is 18.4 Å². The molecule has 0 spiro atoms. The van der Waals surface area contributed by atoms with E-state index in [1.165, 1.54) is 5.56 Å². The number of nitrogens with zero attached hydrogens (tertiary/aromatic N) is 2. The molecule has 1 saturated heterocycles. The molecule has 0 radical (unpaired) electrons. The molecule has 1 fully saturated rings. The van der Waals surface area contributed by atoms with Gasteiger partial charge in [0.15, 0.2) is 0 Å². The fraction of sp³-hybridized carbons (Fsp3) is 0.290. The van der Waals surface area contributed by atoms with E-state index in [0.717, 1.165) is 46.3 Å². The van der Waals surface area contributed by atoms with Gasteiger partial charge in [-0.3, -0.25) is 9.59 Å². The number of piperazine rings is 1. The van der Waals surface area contributed by atoms with E-state index in [1.54, 1.807) is 4.90 Å². The van der Waals surface area contributed by atoms with Crippen LogP contribution in [0.25, 0.3) is 10.9 Å². The van der Waals surface area contributed by atoms with E-state index in [4.69, 9.17) is 4.74 Å². The second-order valence-electron chi connectivity index (χ2n) is 9.81. The van der Waals surface area contributed by atoms with Crippen molar-refractivity contribution < 1.29 is 14.3 Å². The maximum atomic E-state index is 13.9. The third-order valence-electron chi connectivity index (χ3n) is 7.59. The monoisotopic (exact) mass is 493 g/mol. The van der Waals surface area contributed by atoms with E-state index in [2.05, 4.69) is 29.2 Å². The van der Waals surface area contributed by atoms with E-state index >= 15 is 0 Å². The smallest absolute Gasteiger partial charge is 0.246 e. The molecule has 2 aliphatic rings. The maximum absolute atomic E-state index is 13.9. The highest BCUT2D eigenvalue weighted by Crippen LogP contribution is 2.44. The molecule has 0 bridgehead atoms. The Morgan fingerprint density at radius 2 is 1.70 bits per heavy atom. The molecule has 2 amide bonds. The Labute approximate surface area is 216 Å². The van der Waals surface area contributed by atoms with Gasteiger partial charge in [-0.2, -0.15) is 0 Å².